The number of carbonyl (C=O) groups is 1. The van der Waals surface area contributed by atoms with Gasteiger partial charge in [-0.25, -0.2) is 0 Å². The molecule has 2 rings (SSSR count). The van der Waals surface area contributed by atoms with Crippen LogP contribution in [0, 0.1) is 0 Å². The first kappa shape index (κ1) is 15.7. The average molecular weight is 282 g/mol. The molecule has 20 heavy (non-hydrogen) atoms. The lowest BCUT2D eigenvalue weighted by molar-refractivity contribution is -0.124. The van der Waals surface area contributed by atoms with Crippen molar-refractivity contribution in [2.24, 2.45) is 5.73 Å². The lowest BCUT2D eigenvalue weighted by atomic mass is 9.94. The summed E-state index contributed by atoms with van der Waals surface area (Å²) in [5.41, 5.74) is 5.06. The van der Waals surface area contributed by atoms with Crippen molar-refractivity contribution < 1.29 is 4.79 Å². The van der Waals surface area contributed by atoms with Gasteiger partial charge in [-0.2, -0.15) is 0 Å². The van der Waals surface area contributed by atoms with Crippen LogP contribution in [-0.4, -0.2) is 66.6 Å². The van der Waals surface area contributed by atoms with Crippen molar-refractivity contribution in [3.8, 4) is 0 Å². The van der Waals surface area contributed by atoms with Crippen molar-refractivity contribution in [2.45, 2.75) is 51.1 Å². The van der Waals surface area contributed by atoms with Crippen molar-refractivity contribution in [1.82, 2.24) is 15.1 Å². The maximum absolute atomic E-state index is 11.7. The smallest absolute Gasteiger partial charge is 0.237 e. The van der Waals surface area contributed by atoms with Crippen LogP contribution in [0.3, 0.4) is 0 Å². The van der Waals surface area contributed by atoms with Gasteiger partial charge in [-0.15, -0.1) is 0 Å². The minimum Gasteiger partial charge on any atom is -0.368 e. The summed E-state index contributed by atoms with van der Waals surface area (Å²) >= 11 is 0. The Bertz CT molecular complexity index is 324. The van der Waals surface area contributed by atoms with Gasteiger partial charge in [0.05, 0.1) is 5.54 Å². The first-order valence-corrected chi connectivity index (χ1v) is 8.06. The molecule has 0 aromatic heterocycles. The lowest BCUT2D eigenvalue weighted by Crippen LogP contribution is -2.54. The quantitative estimate of drug-likeness (QED) is 0.676. The van der Waals surface area contributed by atoms with E-state index in [2.05, 4.69) is 22.0 Å². The highest BCUT2D eigenvalue weighted by molar-refractivity contribution is 5.84. The Morgan fingerprint density at radius 1 is 1.25 bits per heavy atom. The molecule has 0 spiro atoms. The van der Waals surface area contributed by atoms with Crippen LogP contribution in [0.15, 0.2) is 0 Å². The zero-order valence-electron chi connectivity index (χ0n) is 13.0. The molecular weight excluding hydrogens is 252 g/mol. The third kappa shape index (κ3) is 4.43. The second-order valence-electron chi connectivity index (χ2n) is 6.49. The summed E-state index contributed by atoms with van der Waals surface area (Å²) in [6.07, 6.45) is 4.24. The van der Waals surface area contributed by atoms with Crippen molar-refractivity contribution in [3.05, 3.63) is 0 Å². The maximum atomic E-state index is 11.7. The number of nitrogens with one attached hydrogen (secondary N) is 1. The first-order valence-electron chi connectivity index (χ1n) is 8.06. The van der Waals surface area contributed by atoms with E-state index in [-0.39, 0.29) is 5.91 Å². The molecule has 1 saturated carbocycles. The zero-order valence-corrected chi connectivity index (χ0v) is 13.0. The van der Waals surface area contributed by atoms with Crippen molar-refractivity contribution >= 4 is 5.91 Å². The molecule has 5 nitrogen and oxygen atoms in total. The van der Waals surface area contributed by atoms with Crippen molar-refractivity contribution in [2.75, 3.05) is 39.3 Å². The normalized spacial score (nSPS) is 24.5. The van der Waals surface area contributed by atoms with Gasteiger partial charge in [0.15, 0.2) is 0 Å². The fraction of sp³-hybridized carbons (Fsp3) is 0.933. The van der Waals surface area contributed by atoms with Crippen LogP contribution in [-0.2, 0) is 4.79 Å². The number of likely N-dealkylation sites (N-methyl/N-ethyl adjacent to an activating group) is 1. The van der Waals surface area contributed by atoms with Gasteiger partial charge in [-0.3, -0.25) is 4.79 Å². The molecule has 1 heterocycles. The average Bonchev–Trinajstić information content (AvgIpc) is 3.23. The Hall–Kier alpha value is -0.650. The minimum atomic E-state index is -0.521. The van der Waals surface area contributed by atoms with Crippen LogP contribution in [0.1, 0.15) is 39.5 Å². The van der Waals surface area contributed by atoms with E-state index in [1.54, 1.807) is 0 Å². The molecule has 2 aliphatic rings. The molecule has 1 aliphatic carbocycles. The van der Waals surface area contributed by atoms with E-state index in [0.717, 1.165) is 39.0 Å². The monoisotopic (exact) mass is 282 g/mol. The van der Waals surface area contributed by atoms with Gasteiger partial charge in [-0.1, -0.05) is 6.92 Å². The molecule has 2 fully saturated rings. The summed E-state index contributed by atoms with van der Waals surface area (Å²) in [7, 11) is 0. The number of hydrogen-bond acceptors (Lipinski definition) is 4. The highest BCUT2D eigenvalue weighted by atomic mass is 16.1. The van der Waals surface area contributed by atoms with E-state index in [1.807, 2.05) is 6.92 Å². The Morgan fingerprint density at radius 2 is 1.85 bits per heavy atom. The summed E-state index contributed by atoms with van der Waals surface area (Å²) in [4.78, 5) is 16.7. The fourth-order valence-corrected chi connectivity index (χ4v) is 2.93. The van der Waals surface area contributed by atoms with Gasteiger partial charge in [-0.05, 0) is 45.7 Å². The standard InChI is InChI=1S/C15H30N4O/c1-3-18-9-11-19(12-10-18)8-4-7-15(2,14(16)20)17-13-5-6-13/h13,17H,3-12H2,1-2H3,(H2,16,20). The highest BCUT2D eigenvalue weighted by Crippen LogP contribution is 2.24. The third-order valence-corrected chi connectivity index (χ3v) is 4.71. The Balaban J connectivity index is 1.69. The van der Waals surface area contributed by atoms with E-state index < -0.39 is 5.54 Å². The number of nitrogens with two attached hydrogens (primary N) is 1. The molecule has 116 valence electrons. The number of hydrogen-bond donors (Lipinski definition) is 2. The predicted molar refractivity (Wildman–Crippen MR) is 81.5 cm³/mol. The van der Waals surface area contributed by atoms with Crippen LogP contribution in [0.5, 0.6) is 0 Å². The molecule has 3 N–H and O–H groups in total. The molecule has 0 aromatic rings. The summed E-state index contributed by atoms with van der Waals surface area (Å²) in [5, 5.41) is 3.42. The maximum Gasteiger partial charge on any atom is 0.237 e. The van der Waals surface area contributed by atoms with Gasteiger partial charge >= 0.3 is 0 Å². The summed E-state index contributed by atoms with van der Waals surface area (Å²) < 4.78 is 0. The summed E-state index contributed by atoms with van der Waals surface area (Å²) in [6, 6.07) is 0.514. The van der Waals surface area contributed by atoms with Crippen LogP contribution in [0.25, 0.3) is 0 Å². The molecule has 0 radical (unpaired) electrons. The Kier molecular flexibility index (Phi) is 5.41. The molecule has 1 unspecified atom stereocenters. The van der Waals surface area contributed by atoms with Crippen molar-refractivity contribution in [1.29, 1.82) is 0 Å². The van der Waals surface area contributed by atoms with E-state index in [4.69, 9.17) is 5.73 Å². The molecule has 1 atom stereocenters. The van der Waals surface area contributed by atoms with Gasteiger partial charge in [0, 0.05) is 32.2 Å². The van der Waals surface area contributed by atoms with Crippen LogP contribution >= 0.6 is 0 Å². The van der Waals surface area contributed by atoms with Gasteiger partial charge in [0.1, 0.15) is 0 Å². The topological polar surface area (TPSA) is 61.6 Å². The highest BCUT2D eigenvalue weighted by Gasteiger charge is 2.36. The molecule has 5 heteroatoms. The van der Waals surface area contributed by atoms with E-state index in [9.17, 15) is 4.79 Å². The van der Waals surface area contributed by atoms with E-state index in [0.29, 0.717) is 6.04 Å². The number of rotatable bonds is 8. The number of amides is 1. The second kappa shape index (κ2) is 6.87. The first-order chi connectivity index (χ1) is 9.53. The molecule has 0 aromatic carbocycles. The van der Waals surface area contributed by atoms with E-state index >= 15 is 0 Å². The largest absolute Gasteiger partial charge is 0.368 e. The number of piperazine rings is 1. The summed E-state index contributed by atoms with van der Waals surface area (Å²) in [5.74, 6) is -0.208. The molecule has 1 saturated heterocycles. The van der Waals surface area contributed by atoms with Crippen LogP contribution < -0.4 is 11.1 Å². The molecule has 1 aliphatic heterocycles. The minimum absolute atomic E-state index is 0.208. The summed E-state index contributed by atoms with van der Waals surface area (Å²) in [6.45, 7) is 11.0. The van der Waals surface area contributed by atoms with Gasteiger partial charge in [0.2, 0.25) is 5.91 Å². The molecule has 0 bridgehead atoms. The van der Waals surface area contributed by atoms with E-state index in [1.165, 1.54) is 25.9 Å². The number of nitrogens with zero attached hydrogens (tertiary/aromatic N) is 2. The van der Waals surface area contributed by atoms with Gasteiger partial charge < -0.3 is 20.9 Å². The Morgan fingerprint density at radius 3 is 2.35 bits per heavy atom. The van der Waals surface area contributed by atoms with Crippen LogP contribution in [0.2, 0.25) is 0 Å². The number of primary amides is 1. The predicted octanol–water partition coefficient (Wildman–Crippen LogP) is 0.400. The Labute approximate surface area is 122 Å². The lowest BCUT2D eigenvalue weighted by Gasteiger charge is -2.35. The van der Waals surface area contributed by atoms with Crippen LogP contribution in [0.4, 0.5) is 0 Å². The fourth-order valence-electron chi connectivity index (χ4n) is 2.93. The van der Waals surface area contributed by atoms with Crippen molar-refractivity contribution in [3.63, 3.8) is 0 Å². The zero-order chi connectivity index (χ0) is 14.6. The molecule has 1 amide bonds. The molecular formula is C15H30N4O. The SMILES string of the molecule is CCN1CCN(CCCC(C)(NC2CC2)C(N)=O)CC1. The van der Waals surface area contributed by atoms with Gasteiger partial charge in [0.25, 0.3) is 0 Å². The third-order valence-electron chi connectivity index (χ3n) is 4.71. The number of carbonyl (C=O) groups excluding carboxylic acids is 1. The second-order valence-corrected chi connectivity index (χ2v) is 6.49.